The van der Waals surface area contributed by atoms with Crippen molar-refractivity contribution in [1.29, 1.82) is 0 Å². The van der Waals surface area contributed by atoms with Crippen molar-refractivity contribution in [2.24, 2.45) is 0 Å². The van der Waals surface area contributed by atoms with Crippen LogP contribution in [-0.2, 0) is 4.79 Å². The van der Waals surface area contributed by atoms with Gasteiger partial charge in [0.25, 0.3) is 11.6 Å². The highest BCUT2D eigenvalue weighted by molar-refractivity contribution is 7.12. The zero-order chi connectivity index (χ0) is 20.8. The molecule has 0 spiro atoms. The molecule has 1 aliphatic rings. The molecule has 0 unspecified atom stereocenters. The third-order valence-electron chi connectivity index (χ3n) is 5.02. The van der Waals surface area contributed by atoms with E-state index in [0.29, 0.717) is 24.2 Å². The van der Waals surface area contributed by atoms with Gasteiger partial charge in [0.1, 0.15) is 0 Å². The van der Waals surface area contributed by atoms with Gasteiger partial charge in [-0.3, -0.25) is 19.7 Å². The number of amides is 2. The van der Waals surface area contributed by atoms with E-state index in [1.165, 1.54) is 23.5 Å². The maximum atomic E-state index is 12.2. The van der Waals surface area contributed by atoms with Gasteiger partial charge in [-0.05, 0) is 42.8 Å². The third-order valence-corrected chi connectivity index (χ3v) is 5.89. The average molecular weight is 417 g/mol. The normalized spacial score (nSPS) is 15.1. The lowest BCUT2D eigenvalue weighted by Gasteiger charge is -2.32. The monoisotopic (exact) mass is 416 g/mol. The van der Waals surface area contributed by atoms with Crippen LogP contribution in [0.2, 0.25) is 0 Å². The highest BCUT2D eigenvalue weighted by Gasteiger charge is 2.22. The summed E-state index contributed by atoms with van der Waals surface area (Å²) in [5.41, 5.74) is 1.26. The number of carbonyl (C=O) groups is 2. The molecule has 1 fully saturated rings. The number of nitrogens with one attached hydrogen (secondary N) is 2. The van der Waals surface area contributed by atoms with Gasteiger partial charge >= 0.3 is 0 Å². The van der Waals surface area contributed by atoms with E-state index in [4.69, 9.17) is 0 Å². The lowest BCUT2D eigenvalue weighted by Crippen LogP contribution is -2.45. The van der Waals surface area contributed by atoms with Crippen molar-refractivity contribution < 1.29 is 14.5 Å². The van der Waals surface area contributed by atoms with E-state index >= 15 is 0 Å². The molecular formula is C20H24N4O4S. The third kappa shape index (κ3) is 5.85. The number of nitro groups is 1. The summed E-state index contributed by atoms with van der Waals surface area (Å²) in [6.45, 7) is 4.04. The van der Waals surface area contributed by atoms with Crippen LogP contribution in [-0.4, -0.2) is 47.3 Å². The molecule has 0 aliphatic carbocycles. The quantitative estimate of drug-likeness (QED) is 0.533. The Morgan fingerprint density at radius 2 is 2.03 bits per heavy atom. The fourth-order valence-corrected chi connectivity index (χ4v) is 3.97. The van der Waals surface area contributed by atoms with Gasteiger partial charge < -0.3 is 15.5 Å². The second kappa shape index (κ2) is 9.62. The Bertz CT molecular complexity index is 877. The average Bonchev–Trinajstić information content (AvgIpc) is 3.24. The van der Waals surface area contributed by atoms with Crippen LogP contribution in [0.5, 0.6) is 0 Å². The summed E-state index contributed by atoms with van der Waals surface area (Å²) in [5, 5.41) is 18.6. The van der Waals surface area contributed by atoms with Crippen LogP contribution in [0.3, 0.4) is 0 Å². The van der Waals surface area contributed by atoms with E-state index < -0.39 is 4.92 Å². The molecule has 9 heteroatoms. The van der Waals surface area contributed by atoms with Crippen LogP contribution in [0.25, 0.3) is 0 Å². The van der Waals surface area contributed by atoms with Crippen molar-refractivity contribution >= 4 is 34.5 Å². The van der Waals surface area contributed by atoms with E-state index in [1.807, 2.05) is 17.5 Å². The van der Waals surface area contributed by atoms with Gasteiger partial charge in [-0.1, -0.05) is 6.07 Å². The highest BCUT2D eigenvalue weighted by Crippen LogP contribution is 2.21. The van der Waals surface area contributed by atoms with E-state index in [2.05, 4.69) is 15.5 Å². The molecule has 2 aromatic rings. The van der Waals surface area contributed by atoms with Gasteiger partial charge in [-0.25, -0.2) is 0 Å². The molecule has 29 heavy (non-hydrogen) atoms. The smallest absolute Gasteiger partial charge is 0.269 e. The van der Waals surface area contributed by atoms with Crippen molar-refractivity contribution in [3.05, 3.63) is 56.3 Å². The molecule has 1 aromatic heterocycles. The Morgan fingerprint density at radius 1 is 1.28 bits per heavy atom. The van der Waals surface area contributed by atoms with E-state index in [1.54, 1.807) is 13.0 Å². The number of nitrogens with zero attached hydrogens (tertiary/aromatic N) is 2. The van der Waals surface area contributed by atoms with E-state index in [9.17, 15) is 19.7 Å². The number of anilines is 1. The fourth-order valence-electron chi connectivity index (χ4n) is 3.34. The first-order valence-corrected chi connectivity index (χ1v) is 10.4. The van der Waals surface area contributed by atoms with Gasteiger partial charge in [-0.15, -0.1) is 11.3 Å². The number of likely N-dealkylation sites (tertiary alicyclic amines) is 1. The minimum Gasteiger partial charge on any atom is -0.349 e. The predicted octanol–water partition coefficient (Wildman–Crippen LogP) is 3.19. The lowest BCUT2D eigenvalue weighted by molar-refractivity contribution is -0.384. The molecule has 154 valence electrons. The van der Waals surface area contributed by atoms with Gasteiger partial charge in [-0.2, -0.15) is 0 Å². The number of benzene rings is 1. The van der Waals surface area contributed by atoms with Crippen LogP contribution in [0.4, 0.5) is 11.4 Å². The van der Waals surface area contributed by atoms with Gasteiger partial charge in [0.05, 0.1) is 9.80 Å². The van der Waals surface area contributed by atoms with E-state index in [0.717, 1.165) is 30.8 Å². The number of hydrogen-bond acceptors (Lipinski definition) is 6. The summed E-state index contributed by atoms with van der Waals surface area (Å²) in [4.78, 5) is 37.7. The highest BCUT2D eigenvalue weighted by atomic mass is 32.1. The topological polar surface area (TPSA) is 105 Å². The zero-order valence-corrected chi connectivity index (χ0v) is 17.0. The molecule has 0 radical (unpaired) electrons. The first-order chi connectivity index (χ1) is 13.9. The van der Waals surface area contributed by atoms with Crippen molar-refractivity contribution in [1.82, 2.24) is 10.2 Å². The van der Waals surface area contributed by atoms with Gasteiger partial charge in [0.15, 0.2) is 0 Å². The molecule has 0 bridgehead atoms. The molecule has 2 heterocycles. The molecule has 0 atom stereocenters. The first-order valence-electron chi connectivity index (χ1n) is 9.54. The minimum absolute atomic E-state index is 0.00883. The van der Waals surface area contributed by atoms with Gasteiger partial charge in [0.2, 0.25) is 5.91 Å². The maximum absolute atomic E-state index is 12.2. The second-order valence-corrected chi connectivity index (χ2v) is 8.07. The molecule has 1 saturated heterocycles. The summed E-state index contributed by atoms with van der Waals surface area (Å²) >= 11 is 1.44. The van der Waals surface area contributed by atoms with Crippen LogP contribution in [0.15, 0.2) is 35.7 Å². The first kappa shape index (κ1) is 20.9. The number of nitro benzene ring substituents is 1. The van der Waals surface area contributed by atoms with Crippen molar-refractivity contribution in [3.63, 3.8) is 0 Å². The number of piperidine rings is 1. The Kier molecular flexibility index (Phi) is 6.95. The number of aryl methyl sites for hydroxylation is 1. The molecule has 2 N–H and O–H groups in total. The number of carbonyl (C=O) groups excluding carboxylic acids is 2. The summed E-state index contributed by atoms with van der Waals surface area (Å²) in [7, 11) is 0. The lowest BCUT2D eigenvalue weighted by atomic mass is 10.0. The summed E-state index contributed by atoms with van der Waals surface area (Å²) in [5.74, 6) is -0.133. The Balaban J connectivity index is 1.39. The molecule has 8 nitrogen and oxygen atoms in total. The molecule has 0 saturated carbocycles. The van der Waals surface area contributed by atoms with E-state index in [-0.39, 0.29) is 23.5 Å². The fraction of sp³-hybridized carbons (Fsp3) is 0.400. The standard InChI is InChI=1S/C20H24N4O4S/c1-14-13-16(24(27)28)4-5-17(14)22-19(25)8-11-23-9-6-15(7-10-23)21-20(26)18-3-2-12-29-18/h2-5,12-13,15H,6-11H2,1H3,(H,21,26)(H,22,25). The Hall–Kier alpha value is -2.78. The summed E-state index contributed by atoms with van der Waals surface area (Å²) in [6, 6.07) is 8.25. The molecule has 3 rings (SSSR count). The van der Waals surface area contributed by atoms with Crippen LogP contribution in [0.1, 0.15) is 34.5 Å². The molecular weight excluding hydrogens is 392 g/mol. The number of non-ortho nitro benzene ring substituents is 1. The second-order valence-electron chi connectivity index (χ2n) is 7.12. The summed E-state index contributed by atoms with van der Waals surface area (Å²) in [6.07, 6.45) is 2.07. The Morgan fingerprint density at radius 3 is 2.66 bits per heavy atom. The molecule has 2 amide bonds. The van der Waals surface area contributed by atoms with Crippen molar-refractivity contribution in [2.45, 2.75) is 32.2 Å². The van der Waals surface area contributed by atoms with Crippen molar-refractivity contribution in [2.75, 3.05) is 25.0 Å². The zero-order valence-electron chi connectivity index (χ0n) is 16.2. The maximum Gasteiger partial charge on any atom is 0.269 e. The molecule has 1 aliphatic heterocycles. The van der Waals surface area contributed by atoms with Crippen molar-refractivity contribution in [3.8, 4) is 0 Å². The van der Waals surface area contributed by atoms with Gasteiger partial charge in [0, 0.05) is 49.9 Å². The SMILES string of the molecule is Cc1cc([N+](=O)[O-])ccc1NC(=O)CCN1CCC(NC(=O)c2cccs2)CC1. The Labute approximate surface area is 173 Å². The van der Waals surface area contributed by atoms with Crippen LogP contribution >= 0.6 is 11.3 Å². The minimum atomic E-state index is -0.453. The number of thiophene rings is 1. The van der Waals surface area contributed by atoms with Crippen LogP contribution < -0.4 is 10.6 Å². The van der Waals surface area contributed by atoms with Crippen LogP contribution in [0, 0.1) is 17.0 Å². The summed E-state index contributed by atoms with van der Waals surface area (Å²) < 4.78 is 0. The predicted molar refractivity (Wildman–Crippen MR) is 112 cm³/mol. The number of hydrogen-bond donors (Lipinski definition) is 2. The largest absolute Gasteiger partial charge is 0.349 e. The number of rotatable bonds is 7. The molecule has 1 aromatic carbocycles.